The monoisotopic (exact) mass is 378 g/mol. The van der Waals surface area contributed by atoms with E-state index in [0.29, 0.717) is 20.1 Å². The quantitative estimate of drug-likeness (QED) is 0.499. The van der Waals surface area contributed by atoms with Crippen molar-refractivity contribution in [2.45, 2.75) is 0 Å². The van der Waals surface area contributed by atoms with Gasteiger partial charge >= 0.3 is 5.97 Å². The van der Waals surface area contributed by atoms with Crippen LogP contribution in [0.5, 0.6) is 5.75 Å². The molecule has 0 N–H and O–H groups in total. The van der Waals surface area contributed by atoms with E-state index in [1.807, 2.05) is 0 Å². The fourth-order valence-corrected chi connectivity index (χ4v) is 2.81. The Morgan fingerprint density at radius 1 is 1.00 bits per heavy atom. The van der Waals surface area contributed by atoms with Gasteiger partial charge in [-0.25, -0.2) is 4.79 Å². The van der Waals surface area contributed by atoms with Crippen molar-refractivity contribution in [1.29, 1.82) is 0 Å². The van der Waals surface area contributed by atoms with Crippen LogP contribution < -0.4 is 4.74 Å². The number of esters is 1. The second-order valence-corrected chi connectivity index (χ2v) is 5.73. The van der Waals surface area contributed by atoms with Crippen LogP contribution >= 0.6 is 50.7 Å². The maximum absolute atomic E-state index is 11.9. The highest BCUT2D eigenvalue weighted by molar-refractivity contribution is 9.10. The molecule has 0 saturated carbocycles. The molecule has 98 valence electrons. The molecular weight excluding hydrogens is 374 g/mol. The molecule has 0 aliphatic carbocycles. The molecule has 0 aliphatic rings. The molecule has 6 heteroatoms. The number of carbonyl (C=O) groups is 1. The van der Waals surface area contributed by atoms with Gasteiger partial charge in [0.15, 0.2) is 5.75 Å². The van der Waals surface area contributed by atoms with Crippen molar-refractivity contribution >= 4 is 56.7 Å². The molecule has 0 aliphatic heterocycles. The smallest absolute Gasteiger partial charge is 0.343 e. The van der Waals surface area contributed by atoms with E-state index in [1.165, 1.54) is 6.07 Å². The van der Waals surface area contributed by atoms with Crippen molar-refractivity contribution in [2.24, 2.45) is 0 Å². The molecule has 0 spiro atoms. The standard InChI is InChI=1S/C13H6BrCl3O2/c14-10-5-9(16)6-11(17)12(10)19-13(18)7-1-3-8(15)4-2-7/h1-6H. The first-order valence-corrected chi connectivity index (χ1v) is 7.02. The van der Waals surface area contributed by atoms with Crippen molar-refractivity contribution in [1.82, 2.24) is 0 Å². The zero-order chi connectivity index (χ0) is 14.0. The van der Waals surface area contributed by atoms with E-state index in [2.05, 4.69) is 15.9 Å². The first-order chi connectivity index (χ1) is 8.97. The molecule has 2 nitrogen and oxygen atoms in total. The minimum atomic E-state index is -0.526. The van der Waals surface area contributed by atoms with Gasteiger partial charge in [0.2, 0.25) is 0 Å². The fourth-order valence-electron chi connectivity index (χ4n) is 1.36. The van der Waals surface area contributed by atoms with Gasteiger partial charge in [-0.2, -0.15) is 0 Å². The van der Waals surface area contributed by atoms with Crippen molar-refractivity contribution in [3.8, 4) is 5.75 Å². The molecule has 0 fully saturated rings. The molecule has 0 aromatic heterocycles. The normalized spacial score (nSPS) is 10.3. The molecular formula is C13H6BrCl3O2. The van der Waals surface area contributed by atoms with Gasteiger partial charge in [-0.3, -0.25) is 0 Å². The molecule has 0 heterocycles. The zero-order valence-electron chi connectivity index (χ0n) is 9.29. The summed E-state index contributed by atoms with van der Waals surface area (Å²) in [7, 11) is 0. The summed E-state index contributed by atoms with van der Waals surface area (Å²) in [6.45, 7) is 0. The fraction of sp³-hybridized carbons (Fsp3) is 0. The average Bonchev–Trinajstić information content (AvgIpc) is 2.34. The third kappa shape index (κ3) is 3.63. The molecule has 0 unspecified atom stereocenters. The van der Waals surface area contributed by atoms with Crippen LogP contribution in [0.1, 0.15) is 10.4 Å². The van der Waals surface area contributed by atoms with Gasteiger partial charge in [-0.1, -0.05) is 34.8 Å². The summed E-state index contributed by atoms with van der Waals surface area (Å²) in [5.41, 5.74) is 0.377. The van der Waals surface area contributed by atoms with Crippen molar-refractivity contribution < 1.29 is 9.53 Å². The molecule has 0 amide bonds. The summed E-state index contributed by atoms with van der Waals surface area (Å²) >= 11 is 20.8. The minimum absolute atomic E-state index is 0.228. The van der Waals surface area contributed by atoms with Crippen LogP contribution in [0.2, 0.25) is 15.1 Å². The van der Waals surface area contributed by atoms with Crippen molar-refractivity contribution in [3.05, 3.63) is 61.5 Å². The average molecular weight is 380 g/mol. The highest BCUT2D eigenvalue weighted by Gasteiger charge is 2.14. The zero-order valence-corrected chi connectivity index (χ0v) is 13.1. The molecule has 0 radical (unpaired) electrons. The number of carbonyl (C=O) groups excluding carboxylic acids is 1. The summed E-state index contributed by atoms with van der Waals surface area (Å²) in [6, 6.07) is 9.45. The van der Waals surface area contributed by atoms with Gasteiger partial charge in [-0.05, 0) is 52.3 Å². The van der Waals surface area contributed by atoms with E-state index in [0.717, 1.165) is 0 Å². The molecule has 19 heavy (non-hydrogen) atoms. The number of ether oxygens (including phenoxy) is 1. The number of benzene rings is 2. The summed E-state index contributed by atoms with van der Waals surface area (Å²) in [4.78, 5) is 11.9. The van der Waals surface area contributed by atoms with Crippen LogP contribution in [-0.4, -0.2) is 5.97 Å². The van der Waals surface area contributed by atoms with Crippen LogP contribution in [0.3, 0.4) is 0 Å². The molecule has 2 rings (SSSR count). The Morgan fingerprint density at radius 3 is 2.21 bits per heavy atom. The van der Waals surface area contributed by atoms with Crippen LogP contribution in [0.25, 0.3) is 0 Å². The highest BCUT2D eigenvalue weighted by atomic mass is 79.9. The topological polar surface area (TPSA) is 26.3 Å². The lowest BCUT2D eigenvalue weighted by Crippen LogP contribution is -2.09. The minimum Gasteiger partial charge on any atom is -0.420 e. The van der Waals surface area contributed by atoms with Gasteiger partial charge in [0.05, 0.1) is 15.1 Å². The van der Waals surface area contributed by atoms with E-state index in [4.69, 9.17) is 39.5 Å². The SMILES string of the molecule is O=C(Oc1c(Cl)cc(Cl)cc1Br)c1ccc(Cl)cc1. The largest absolute Gasteiger partial charge is 0.420 e. The predicted molar refractivity (Wildman–Crippen MR) is 80.6 cm³/mol. The number of rotatable bonds is 2. The van der Waals surface area contributed by atoms with E-state index < -0.39 is 5.97 Å². The molecule has 2 aromatic rings. The summed E-state index contributed by atoms with van der Waals surface area (Å²) in [5.74, 6) is -0.299. The number of halogens is 4. The van der Waals surface area contributed by atoms with Crippen LogP contribution in [-0.2, 0) is 0 Å². The van der Waals surface area contributed by atoms with Crippen LogP contribution in [0.4, 0.5) is 0 Å². The Kier molecular flexibility index (Phi) is 4.74. The maximum atomic E-state index is 11.9. The summed E-state index contributed by atoms with van der Waals surface area (Å²) in [5, 5.41) is 1.24. The molecule has 0 saturated heterocycles. The third-order valence-electron chi connectivity index (χ3n) is 2.24. The first kappa shape index (κ1) is 14.7. The lowest BCUT2D eigenvalue weighted by atomic mass is 10.2. The lowest BCUT2D eigenvalue weighted by molar-refractivity contribution is 0.0733. The Balaban J connectivity index is 2.26. The predicted octanol–water partition coefficient (Wildman–Crippen LogP) is 5.63. The summed E-state index contributed by atoms with van der Waals surface area (Å²) in [6.07, 6.45) is 0. The lowest BCUT2D eigenvalue weighted by Gasteiger charge is -2.09. The van der Waals surface area contributed by atoms with Gasteiger partial charge in [0.25, 0.3) is 0 Å². The Hall–Kier alpha value is -0.740. The maximum Gasteiger partial charge on any atom is 0.343 e. The highest BCUT2D eigenvalue weighted by Crippen LogP contribution is 2.36. The Bertz CT molecular complexity index is 603. The first-order valence-electron chi connectivity index (χ1n) is 5.09. The van der Waals surface area contributed by atoms with E-state index in [-0.39, 0.29) is 10.8 Å². The van der Waals surface area contributed by atoms with E-state index in [9.17, 15) is 4.79 Å². The second kappa shape index (κ2) is 6.14. The van der Waals surface area contributed by atoms with Gasteiger partial charge in [0.1, 0.15) is 0 Å². The third-order valence-corrected chi connectivity index (χ3v) is 3.58. The van der Waals surface area contributed by atoms with E-state index >= 15 is 0 Å². The van der Waals surface area contributed by atoms with Gasteiger partial charge in [0, 0.05) is 10.0 Å². The Labute approximate surface area is 133 Å². The molecule has 2 aromatic carbocycles. The van der Waals surface area contributed by atoms with Gasteiger partial charge in [-0.15, -0.1) is 0 Å². The Morgan fingerprint density at radius 2 is 1.63 bits per heavy atom. The van der Waals surface area contributed by atoms with Crippen LogP contribution in [0.15, 0.2) is 40.9 Å². The number of hydrogen-bond donors (Lipinski definition) is 0. The molecule has 0 atom stereocenters. The second-order valence-electron chi connectivity index (χ2n) is 3.59. The van der Waals surface area contributed by atoms with E-state index in [1.54, 1.807) is 30.3 Å². The summed E-state index contributed by atoms with van der Waals surface area (Å²) < 4.78 is 5.74. The van der Waals surface area contributed by atoms with Gasteiger partial charge < -0.3 is 4.74 Å². The van der Waals surface area contributed by atoms with Crippen molar-refractivity contribution in [2.75, 3.05) is 0 Å². The van der Waals surface area contributed by atoms with Crippen molar-refractivity contribution in [3.63, 3.8) is 0 Å². The number of hydrogen-bond acceptors (Lipinski definition) is 2. The molecule has 0 bridgehead atoms. The van der Waals surface area contributed by atoms with Crippen LogP contribution in [0, 0.1) is 0 Å².